The zero-order valence-corrected chi connectivity index (χ0v) is 12.9. The number of ketones is 1. The summed E-state index contributed by atoms with van der Waals surface area (Å²) in [6.07, 6.45) is 2.17. The average Bonchev–Trinajstić information content (AvgIpc) is 2.51. The van der Waals surface area contributed by atoms with Gasteiger partial charge in [-0.1, -0.05) is 23.2 Å². The van der Waals surface area contributed by atoms with Crippen LogP contribution in [0.25, 0.3) is 0 Å². The number of hydrogen-bond acceptors (Lipinski definition) is 6. The fourth-order valence-electron chi connectivity index (χ4n) is 1.72. The van der Waals surface area contributed by atoms with E-state index in [1.165, 1.54) is 0 Å². The van der Waals surface area contributed by atoms with Crippen molar-refractivity contribution in [3.8, 4) is 0 Å². The lowest BCUT2D eigenvalue weighted by Gasteiger charge is -2.05. The van der Waals surface area contributed by atoms with Crippen LogP contribution in [0.2, 0.25) is 0 Å². The number of Topliss-reactive ketones (excluding diaryl/α,β-unsaturated/α-hetero) is 1. The van der Waals surface area contributed by atoms with Crippen LogP contribution in [-0.2, 0) is 4.79 Å². The zero-order valence-electron chi connectivity index (χ0n) is 11.4. The minimum atomic E-state index is -0.993. The maximum absolute atomic E-state index is 12.1. The largest absolute Gasteiger partial charge is 0.287 e. The number of nitrogens with zero attached hydrogens (tertiary/aromatic N) is 3. The predicted molar refractivity (Wildman–Crippen MR) is 84.4 cm³/mol. The van der Waals surface area contributed by atoms with Crippen LogP contribution in [-0.4, -0.2) is 27.2 Å². The molecule has 2 rings (SSSR count). The minimum absolute atomic E-state index is 0.0660. The molecule has 11 heteroatoms. The van der Waals surface area contributed by atoms with Crippen molar-refractivity contribution in [2.75, 3.05) is 0 Å². The Balaban J connectivity index is 2.47. The molecule has 122 valence electrons. The summed E-state index contributed by atoms with van der Waals surface area (Å²) in [5.41, 5.74) is -1.69. The van der Waals surface area contributed by atoms with Crippen molar-refractivity contribution in [2.45, 2.75) is 0 Å². The third-order valence-corrected chi connectivity index (χ3v) is 3.35. The van der Waals surface area contributed by atoms with Crippen molar-refractivity contribution >= 4 is 52.0 Å². The van der Waals surface area contributed by atoms with Gasteiger partial charge in [-0.2, -0.15) is 0 Å². The molecule has 0 N–H and O–H groups in total. The Hall–Kier alpha value is -2.91. The number of rotatable bonds is 3. The quantitative estimate of drug-likeness (QED) is 0.456. The Morgan fingerprint density at radius 3 is 1.83 bits per heavy atom. The van der Waals surface area contributed by atoms with Gasteiger partial charge < -0.3 is 0 Å². The summed E-state index contributed by atoms with van der Waals surface area (Å²) in [6, 6.07) is 2.42. The van der Waals surface area contributed by atoms with Gasteiger partial charge in [-0.15, -0.1) is 0 Å². The molecule has 1 aromatic rings. The maximum atomic E-state index is 12.1. The van der Waals surface area contributed by atoms with E-state index in [9.17, 15) is 29.8 Å². The predicted octanol–water partition coefficient (Wildman–Crippen LogP) is 2.91. The lowest BCUT2D eigenvalue weighted by Crippen LogP contribution is -2.10. The molecule has 0 aromatic heterocycles. The van der Waals surface area contributed by atoms with E-state index in [1.54, 1.807) is 0 Å². The van der Waals surface area contributed by atoms with Crippen molar-refractivity contribution in [1.29, 1.82) is 0 Å². The summed E-state index contributed by atoms with van der Waals surface area (Å²) in [5.74, 6) is -1.64. The van der Waals surface area contributed by atoms with Crippen LogP contribution in [0.15, 0.2) is 45.4 Å². The lowest BCUT2D eigenvalue weighted by molar-refractivity contribution is -0.394. The number of allylic oxidation sites excluding steroid dienone is 4. The van der Waals surface area contributed by atoms with E-state index in [0.29, 0.717) is 0 Å². The normalized spacial score (nSPS) is 13.9. The molecule has 0 heterocycles. The fraction of sp³-hybridized carbons (Fsp3) is 0. The third kappa shape index (κ3) is 3.70. The molecule has 0 saturated carbocycles. The molecule has 24 heavy (non-hydrogen) atoms. The van der Waals surface area contributed by atoms with Gasteiger partial charge in [0.2, 0.25) is 5.78 Å². The summed E-state index contributed by atoms with van der Waals surface area (Å²) >= 11 is 11.3. The first-order valence-corrected chi connectivity index (χ1v) is 6.80. The van der Waals surface area contributed by atoms with Crippen LogP contribution in [0, 0.1) is 20.2 Å². The van der Waals surface area contributed by atoms with Crippen LogP contribution < -0.4 is 0 Å². The molecule has 0 spiro atoms. The Labute approximate surface area is 143 Å². The molecule has 0 fully saturated rings. The monoisotopic (exact) mass is 369 g/mol. The summed E-state index contributed by atoms with van der Waals surface area (Å²) < 4.78 is 0. The van der Waals surface area contributed by atoms with Crippen LogP contribution in [0.4, 0.5) is 11.4 Å². The van der Waals surface area contributed by atoms with Gasteiger partial charge in [0.1, 0.15) is 0 Å². The number of nitro benzene ring substituents is 2. The first kappa shape index (κ1) is 17.4. The van der Waals surface area contributed by atoms with Crippen molar-refractivity contribution < 1.29 is 19.4 Å². The SMILES string of the molecule is O=C1C(Cl)=CC(=NC(=O)c2cc([N+](=O)[O-])cc([N+](=O)[O-])c2)C=C1Cl. The minimum Gasteiger partial charge on any atom is -0.287 e. The van der Waals surface area contributed by atoms with Crippen LogP contribution in [0.3, 0.4) is 0 Å². The smallest absolute Gasteiger partial charge is 0.278 e. The van der Waals surface area contributed by atoms with Gasteiger partial charge in [-0.3, -0.25) is 29.8 Å². The summed E-state index contributed by atoms with van der Waals surface area (Å²) in [4.78, 5) is 46.9. The molecule has 1 aromatic carbocycles. The van der Waals surface area contributed by atoms with E-state index >= 15 is 0 Å². The molecular weight excluding hydrogens is 365 g/mol. The number of hydrogen-bond donors (Lipinski definition) is 0. The number of nitro groups is 2. The highest BCUT2D eigenvalue weighted by atomic mass is 35.5. The van der Waals surface area contributed by atoms with E-state index in [2.05, 4.69) is 4.99 Å². The average molecular weight is 370 g/mol. The van der Waals surface area contributed by atoms with E-state index in [0.717, 1.165) is 30.4 Å². The molecule has 1 amide bonds. The summed E-state index contributed by atoms with van der Waals surface area (Å²) in [7, 11) is 0. The van der Waals surface area contributed by atoms with E-state index < -0.39 is 32.9 Å². The van der Waals surface area contributed by atoms with Gasteiger partial charge in [0.05, 0.1) is 37.3 Å². The molecule has 0 atom stereocenters. The van der Waals surface area contributed by atoms with E-state index in [-0.39, 0.29) is 21.3 Å². The second kappa shape index (κ2) is 6.69. The molecule has 1 aliphatic rings. The first-order valence-electron chi connectivity index (χ1n) is 6.05. The first-order chi connectivity index (χ1) is 11.2. The molecule has 0 radical (unpaired) electrons. The summed E-state index contributed by atoms with van der Waals surface area (Å²) in [6.45, 7) is 0. The zero-order chi connectivity index (χ0) is 18.0. The molecule has 0 saturated heterocycles. The van der Waals surface area contributed by atoms with Gasteiger partial charge in [0.15, 0.2) is 0 Å². The molecule has 0 unspecified atom stereocenters. The number of carbonyl (C=O) groups excluding carboxylic acids is 2. The highest BCUT2D eigenvalue weighted by molar-refractivity contribution is 6.57. The Morgan fingerprint density at radius 1 is 0.958 bits per heavy atom. The topological polar surface area (TPSA) is 133 Å². The van der Waals surface area contributed by atoms with Crippen LogP contribution in [0.5, 0.6) is 0 Å². The molecule has 0 aliphatic heterocycles. The van der Waals surface area contributed by atoms with E-state index in [1.807, 2.05) is 0 Å². The highest BCUT2D eigenvalue weighted by Crippen LogP contribution is 2.24. The number of benzene rings is 1. The molecule has 0 bridgehead atoms. The van der Waals surface area contributed by atoms with Crippen LogP contribution in [0.1, 0.15) is 10.4 Å². The number of non-ortho nitro benzene ring substituents is 2. The lowest BCUT2D eigenvalue weighted by atomic mass is 10.1. The van der Waals surface area contributed by atoms with E-state index in [4.69, 9.17) is 23.2 Å². The van der Waals surface area contributed by atoms with Gasteiger partial charge >= 0.3 is 0 Å². The second-order valence-corrected chi connectivity index (χ2v) is 5.22. The van der Waals surface area contributed by atoms with Crippen LogP contribution >= 0.6 is 23.2 Å². The molecule has 9 nitrogen and oxygen atoms in total. The van der Waals surface area contributed by atoms with Crippen molar-refractivity contribution in [3.63, 3.8) is 0 Å². The van der Waals surface area contributed by atoms with Gasteiger partial charge in [0.25, 0.3) is 17.3 Å². The van der Waals surface area contributed by atoms with Crippen molar-refractivity contribution in [3.05, 3.63) is 66.2 Å². The van der Waals surface area contributed by atoms with Gasteiger partial charge in [-0.05, 0) is 12.2 Å². The molecule has 1 aliphatic carbocycles. The second-order valence-electron chi connectivity index (χ2n) is 4.41. The van der Waals surface area contributed by atoms with Gasteiger partial charge in [0, 0.05) is 12.1 Å². The molecular formula is C13H5Cl2N3O6. The standard InChI is InChI=1S/C13H5Cl2N3O6/c14-10-3-7(4-11(15)12(10)19)16-13(20)6-1-8(17(21)22)5-9(2-6)18(23)24/h1-5H. The Bertz CT molecular complexity index is 831. The third-order valence-electron chi connectivity index (χ3n) is 2.78. The maximum Gasteiger partial charge on any atom is 0.278 e. The number of amides is 1. The van der Waals surface area contributed by atoms with Crippen molar-refractivity contribution in [2.24, 2.45) is 4.99 Å². The van der Waals surface area contributed by atoms with Crippen molar-refractivity contribution in [1.82, 2.24) is 0 Å². The highest BCUT2D eigenvalue weighted by Gasteiger charge is 2.21. The summed E-state index contributed by atoms with van der Waals surface area (Å²) in [5, 5.41) is 21.1. The fourth-order valence-corrected chi connectivity index (χ4v) is 2.20. The number of halogens is 2. The van der Waals surface area contributed by atoms with Gasteiger partial charge in [-0.25, -0.2) is 4.99 Å². The Morgan fingerprint density at radius 2 is 1.42 bits per heavy atom. The number of aliphatic imine (C=N–C) groups is 1. The number of carbonyl (C=O) groups is 2. The Kier molecular flexibility index (Phi) is 4.86.